The second kappa shape index (κ2) is 5.50. The minimum atomic E-state index is -0.459. The summed E-state index contributed by atoms with van der Waals surface area (Å²) in [5, 5.41) is 3.41. The van der Waals surface area contributed by atoms with Gasteiger partial charge in [-0.3, -0.25) is 4.79 Å². The Morgan fingerprint density at radius 1 is 1.27 bits per heavy atom. The minimum Gasteiger partial charge on any atom is -0.469 e. The fourth-order valence-corrected chi connectivity index (χ4v) is 1.52. The third kappa shape index (κ3) is 5.17. The van der Waals surface area contributed by atoms with Crippen LogP contribution in [0.4, 0.5) is 0 Å². The zero-order chi connectivity index (χ0) is 12.1. The predicted molar refractivity (Wildman–Crippen MR) is 62.8 cm³/mol. The fourth-order valence-electron chi connectivity index (χ4n) is 1.52. The van der Waals surface area contributed by atoms with Gasteiger partial charge in [-0.15, -0.1) is 0 Å². The third-order valence-corrected chi connectivity index (χ3v) is 2.62. The summed E-state index contributed by atoms with van der Waals surface area (Å²) in [5.41, 5.74) is -0.375. The summed E-state index contributed by atoms with van der Waals surface area (Å²) in [7, 11) is 1.43. The van der Waals surface area contributed by atoms with Crippen molar-refractivity contribution in [2.45, 2.75) is 53.0 Å². The van der Waals surface area contributed by atoms with E-state index in [9.17, 15) is 4.79 Å². The van der Waals surface area contributed by atoms with Crippen LogP contribution in [0.3, 0.4) is 0 Å². The first kappa shape index (κ1) is 14.4. The summed E-state index contributed by atoms with van der Waals surface area (Å²) in [4.78, 5) is 11.4. The van der Waals surface area contributed by atoms with E-state index in [4.69, 9.17) is 4.74 Å². The number of hydrogen-bond acceptors (Lipinski definition) is 3. The molecule has 0 aromatic rings. The Kier molecular flexibility index (Phi) is 5.29. The van der Waals surface area contributed by atoms with Crippen LogP contribution >= 0.6 is 0 Å². The van der Waals surface area contributed by atoms with E-state index in [1.165, 1.54) is 7.11 Å². The van der Waals surface area contributed by atoms with Gasteiger partial charge < -0.3 is 10.1 Å². The highest BCUT2D eigenvalue weighted by Gasteiger charge is 2.30. The second-order valence-corrected chi connectivity index (χ2v) is 5.36. The average molecular weight is 215 g/mol. The van der Waals surface area contributed by atoms with Crippen molar-refractivity contribution < 1.29 is 9.53 Å². The number of hydrogen-bond donors (Lipinski definition) is 1. The van der Waals surface area contributed by atoms with E-state index in [1.54, 1.807) is 0 Å². The van der Waals surface area contributed by atoms with Crippen LogP contribution in [0, 0.1) is 5.41 Å². The molecule has 0 aliphatic carbocycles. The zero-order valence-corrected chi connectivity index (χ0v) is 10.9. The number of esters is 1. The number of carbonyl (C=O) groups excluding carboxylic acids is 1. The molecule has 0 bridgehead atoms. The van der Waals surface area contributed by atoms with Gasteiger partial charge in [-0.25, -0.2) is 0 Å². The van der Waals surface area contributed by atoms with Gasteiger partial charge in [0.15, 0.2) is 0 Å². The van der Waals surface area contributed by atoms with Gasteiger partial charge in [-0.05, 0) is 34.1 Å². The molecule has 0 fully saturated rings. The van der Waals surface area contributed by atoms with Crippen LogP contribution in [-0.2, 0) is 9.53 Å². The quantitative estimate of drug-likeness (QED) is 0.691. The first-order valence-corrected chi connectivity index (χ1v) is 5.58. The number of rotatable bonds is 6. The maximum absolute atomic E-state index is 11.4. The second-order valence-electron chi connectivity index (χ2n) is 5.36. The molecule has 0 heterocycles. The molecule has 0 spiro atoms. The van der Waals surface area contributed by atoms with Crippen molar-refractivity contribution in [3.63, 3.8) is 0 Å². The first-order valence-electron chi connectivity index (χ1n) is 5.58. The molecule has 0 atom stereocenters. The third-order valence-electron chi connectivity index (χ3n) is 2.62. The van der Waals surface area contributed by atoms with Crippen LogP contribution in [-0.4, -0.2) is 25.2 Å². The van der Waals surface area contributed by atoms with Crippen molar-refractivity contribution in [1.82, 2.24) is 5.32 Å². The smallest absolute Gasteiger partial charge is 0.312 e. The van der Waals surface area contributed by atoms with Crippen molar-refractivity contribution in [2.75, 3.05) is 13.7 Å². The molecule has 0 aromatic carbocycles. The van der Waals surface area contributed by atoms with E-state index < -0.39 is 5.41 Å². The summed E-state index contributed by atoms with van der Waals surface area (Å²) in [5.74, 6) is -0.165. The highest BCUT2D eigenvalue weighted by Crippen LogP contribution is 2.18. The lowest BCUT2D eigenvalue weighted by molar-refractivity contribution is -0.150. The number of carbonyl (C=O) groups is 1. The molecule has 0 rings (SSSR count). The molecule has 3 heteroatoms. The highest BCUT2D eigenvalue weighted by molar-refractivity contribution is 5.76. The topological polar surface area (TPSA) is 38.3 Å². The molecule has 0 saturated carbocycles. The molecule has 15 heavy (non-hydrogen) atoms. The minimum absolute atomic E-state index is 0.0834. The molecular weight excluding hydrogens is 190 g/mol. The molecule has 0 aliphatic heterocycles. The Bertz CT molecular complexity index is 210. The van der Waals surface area contributed by atoms with Gasteiger partial charge in [0.1, 0.15) is 0 Å². The van der Waals surface area contributed by atoms with E-state index in [2.05, 4.69) is 26.1 Å². The Balaban J connectivity index is 4.19. The summed E-state index contributed by atoms with van der Waals surface area (Å²) in [6, 6.07) is 0. The van der Waals surface area contributed by atoms with Gasteiger partial charge >= 0.3 is 5.97 Å². The summed E-state index contributed by atoms with van der Waals surface area (Å²) >= 11 is 0. The molecule has 0 unspecified atom stereocenters. The zero-order valence-electron chi connectivity index (χ0n) is 10.9. The average Bonchev–Trinajstić information content (AvgIpc) is 2.14. The maximum Gasteiger partial charge on any atom is 0.312 e. The Morgan fingerprint density at radius 3 is 2.20 bits per heavy atom. The van der Waals surface area contributed by atoms with E-state index in [-0.39, 0.29) is 11.5 Å². The molecule has 0 saturated heterocycles. The summed E-state index contributed by atoms with van der Waals surface area (Å²) in [6.45, 7) is 10.9. The van der Waals surface area contributed by atoms with Crippen molar-refractivity contribution in [1.29, 1.82) is 0 Å². The fraction of sp³-hybridized carbons (Fsp3) is 0.917. The van der Waals surface area contributed by atoms with Gasteiger partial charge in [0.2, 0.25) is 0 Å². The van der Waals surface area contributed by atoms with Crippen LogP contribution in [0.25, 0.3) is 0 Å². The number of nitrogens with one attached hydrogen (secondary N) is 1. The predicted octanol–water partition coefficient (Wildman–Crippen LogP) is 2.35. The molecule has 3 nitrogen and oxygen atoms in total. The lowest BCUT2D eigenvalue weighted by Crippen LogP contribution is -2.46. The molecule has 0 aliphatic rings. The Labute approximate surface area is 93.6 Å². The van der Waals surface area contributed by atoms with E-state index in [0.717, 1.165) is 12.8 Å². The van der Waals surface area contributed by atoms with Crippen LogP contribution in [0.1, 0.15) is 47.5 Å². The van der Waals surface area contributed by atoms with Crippen LogP contribution < -0.4 is 5.32 Å². The van der Waals surface area contributed by atoms with E-state index in [0.29, 0.717) is 6.54 Å². The SMILES string of the molecule is CCCC(C)(C)NCC(C)(C)C(=O)OC. The monoisotopic (exact) mass is 215 g/mol. The van der Waals surface area contributed by atoms with E-state index >= 15 is 0 Å². The molecular formula is C12H25NO2. The van der Waals surface area contributed by atoms with Crippen molar-refractivity contribution in [2.24, 2.45) is 5.41 Å². The van der Waals surface area contributed by atoms with Gasteiger partial charge in [-0.2, -0.15) is 0 Å². The molecule has 0 radical (unpaired) electrons. The largest absolute Gasteiger partial charge is 0.469 e. The van der Waals surface area contributed by atoms with Gasteiger partial charge in [0.25, 0.3) is 0 Å². The van der Waals surface area contributed by atoms with Gasteiger partial charge in [-0.1, -0.05) is 13.3 Å². The molecule has 1 N–H and O–H groups in total. The summed E-state index contributed by atoms with van der Waals surface area (Å²) in [6.07, 6.45) is 2.24. The van der Waals surface area contributed by atoms with Gasteiger partial charge in [0.05, 0.1) is 12.5 Å². The van der Waals surface area contributed by atoms with Crippen LogP contribution in [0.5, 0.6) is 0 Å². The maximum atomic E-state index is 11.4. The standard InChI is InChI=1S/C12H25NO2/c1-7-8-12(4,5)13-9-11(2,3)10(14)15-6/h13H,7-9H2,1-6H3. The lowest BCUT2D eigenvalue weighted by atomic mass is 9.91. The molecule has 90 valence electrons. The summed E-state index contributed by atoms with van der Waals surface area (Å²) < 4.78 is 4.76. The Morgan fingerprint density at radius 2 is 1.80 bits per heavy atom. The number of ether oxygens (including phenoxy) is 1. The molecule has 0 aromatic heterocycles. The van der Waals surface area contributed by atoms with Gasteiger partial charge in [0, 0.05) is 12.1 Å². The van der Waals surface area contributed by atoms with Crippen LogP contribution in [0.15, 0.2) is 0 Å². The van der Waals surface area contributed by atoms with Crippen molar-refractivity contribution >= 4 is 5.97 Å². The van der Waals surface area contributed by atoms with Crippen LogP contribution in [0.2, 0.25) is 0 Å². The van der Waals surface area contributed by atoms with E-state index in [1.807, 2.05) is 13.8 Å². The lowest BCUT2D eigenvalue weighted by Gasteiger charge is -2.31. The highest BCUT2D eigenvalue weighted by atomic mass is 16.5. The van der Waals surface area contributed by atoms with Crippen molar-refractivity contribution in [3.05, 3.63) is 0 Å². The van der Waals surface area contributed by atoms with Crippen molar-refractivity contribution in [3.8, 4) is 0 Å². The molecule has 0 amide bonds. The Hall–Kier alpha value is -0.570. The number of methoxy groups -OCH3 is 1. The normalized spacial score (nSPS) is 12.7. The first-order chi connectivity index (χ1) is 6.75.